The smallest absolute Gasteiger partial charge is 0.333 e. The lowest BCUT2D eigenvalue weighted by atomic mass is 10.2. The first-order valence-electron chi connectivity index (χ1n) is 6.27. The maximum absolute atomic E-state index is 11.9. The van der Waals surface area contributed by atoms with Crippen molar-refractivity contribution in [2.75, 3.05) is 0 Å². The molecule has 0 saturated carbocycles. The van der Waals surface area contributed by atoms with Gasteiger partial charge < -0.3 is 15.3 Å². The van der Waals surface area contributed by atoms with Crippen LogP contribution < -0.4 is 11.2 Å². The minimum atomic E-state index is -0.665. The molecule has 114 valence electrons. The van der Waals surface area contributed by atoms with Gasteiger partial charge in [-0.05, 0) is 18.2 Å². The lowest BCUT2D eigenvalue weighted by molar-refractivity contribution is 0.403. The molecule has 0 saturated heterocycles. The molecule has 0 amide bonds. The van der Waals surface area contributed by atoms with Crippen molar-refractivity contribution in [3.8, 4) is 17.4 Å². The lowest BCUT2D eigenvalue weighted by Crippen LogP contribution is -2.37. The van der Waals surface area contributed by atoms with Gasteiger partial charge in [-0.25, -0.2) is 4.79 Å². The third kappa shape index (κ3) is 2.53. The molecular formula is C15H14N2O5. The van der Waals surface area contributed by atoms with E-state index in [0.29, 0.717) is 0 Å². The lowest BCUT2D eigenvalue weighted by Gasteiger charge is -2.06. The molecule has 2 rings (SSSR count). The molecule has 22 heavy (non-hydrogen) atoms. The fraction of sp³-hybridized carbons (Fsp3) is 0.133. The van der Waals surface area contributed by atoms with Crippen LogP contribution in [-0.4, -0.2) is 24.5 Å². The molecule has 0 spiro atoms. The number of phenols is 2. The van der Waals surface area contributed by atoms with Crippen LogP contribution in [0.4, 0.5) is 0 Å². The summed E-state index contributed by atoms with van der Waals surface area (Å²) in [6, 6.07) is 4.39. The molecule has 1 aromatic carbocycles. The van der Waals surface area contributed by atoms with Crippen molar-refractivity contribution in [2.24, 2.45) is 14.1 Å². The second-order valence-electron chi connectivity index (χ2n) is 4.61. The van der Waals surface area contributed by atoms with Gasteiger partial charge >= 0.3 is 5.69 Å². The number of rotatable bonds is 2. The number of nitrogens with zero attached hydrogens (tertiary/aromatic N) is 2. The van der Waals surface area contributed by atoms with Gasteiger partial charge in [-0.1, -0.05) is 12.1 Å². The van der Waals surface area contributed by atoms with Crippen molar-refractivity contribution in [1.82, 2.24) is 9.13 Å². The van der Waals surface area contributed by atoms with E-state index in [2.05, 4.69) is 5.73 Å². The van der Waals surface area contributed by atoms with Gasteiger partial charge in [0, 0.05) is 19.7 Å². The van der Waals surface area contributed by atoms with Gasteiger partial charge in [0.25, 0.3) is 5.56 Å². The minimum absolute atomic E-state index is 0.111. The molecule has 0 radical (unpaired) electrons. The SMILES string of the molecule is Cn1c(O)c(C=C=Cc2cccc(O)c2O)c(=O)n(C)c1=O. The highest BCUT2D eigenvalue weighted by molar-refractivity contribution is 5.64. The van der Waals surface area contributed by atoms with Crippen LogP contribution in [0.1, 0.15) is 11.1 Å². The molecule has 0 aliphatic rings. The Labute approximate surface area is 124 Å². The molecule has 2 aromatic rings. The number of benzene rings is 1. The molecule has 7 heteroatoms. The Kier molecular flexibility index (Phi) is 3.92. The number of hydrogen-bond acceptors (Lipinski definition) is 5. The Balaban J connectivity index is 2.56. The zero-order valence-corrected chi connectivity index (χ0v) is 11.9. The van der Waals surface area contributed by atoms with Crippen LogP contribution in [0.2, 0.25) is 0 Å². The van der Waals surface area contributed by atoms with Crippen LogP contribution in [0.25, 0.3) is 12.2 Å². The Bertz CT molecular complexity index is 915. The van der Waals surface area contributed by atoms with Crippen LogP contribution in [0.3, 0.4) is 0 Å². The molecule has 0 atom stereocenters. The summed E-state index contributed by atoms with van der Waals surface area (Å²) in [4.78, 5) is 23.5. The Morgan fingerprint density at radius 3 is 2.41 bits per heavy atom. The van der Waals surface area contributed by atoms with Gasteiger partial charge in [0.2, 0.25) is 5.88 Å². The van der Waals surface area contributed by atoms with Crippen LogP contribution in [0.5, 0.6) is 17.4 Å². The number of aromatic nitrogens is 2. The molecule has 1 heterocycles. The van der Waals surface area contributed by atoms with Crippen LogP contribution in [0.15, 0.2) is 33.5 Å². The van der Waals surface area contributed by atoms with Crippen molar-refractivity contribution >= 4 is 12.2 Å². The van der Waals surface area contributed by atoms with Gasteiger partial charge in [0.15, 0.2) is 11.5 Å². The summed E-state index contributed by atoms with van der Waals surface area (Å²) in [5.74, 6) is -1.08. The van der Waals surface area contributed by atoms with Gasteiger partial charge in [0.05, 0.1) is 0 Å². The molecule has 7 nitrogen and oxygen atoms in total. The van der Waals surface area contributed by atoms with Crippen molar-refractivity contribution < 1.29 is 15.3 Å². The maximum Gasteiger partial charge on any atom is 0.333 e. The van der Waals surface area contributed by atoms with E-state index in [0.717, 1.165) is 9.13 Å². The number of aromatic hydroxyl groups is 3. The third-order valence-corrected chi connectivity index (χ3v) is 3.18. The van der Waals surface area contributed by atoms with Crippen molar-refractivity contribution in [3.63, 3.8) is 0 Å². The number of phenolic OH excluding ortho intramolecular Hbond substituents is 2. The molecule has 3 N–H and O–H groups in total. The highest BCUT2D eigenvalue weighted by atomic mass is 16.3. The Hall–Kier alpha value is -3.18. The molecule has 0 aliphatic carbocycles. The monoisotopic (exact) mass is 302 g/mol. The summed E-state index contributed by atoms with van der Waals surface area (Å²) in [6.45, 7) is 0. The quantitative estimate of drug-likeness (QED) is 0.554. The summed E-state index contributed by atoms with van der Waals surface area (Å²) in [7, 11) is 2.63. The predicted molar refractivity (Wildman–Crippen MR) is 80.8 cm³/mol. The van der Waals surface area contributed by atoms with Gasteiger partial charge in [-0.2, -0.15) is 0 Å². The topological polar surface area (TPSA) is 105 Å². The Morgan fingerprint density at radius 2 is 1.73 bits per heavy atom. The number of para-hydroxylation sites is 1. The van der Waals surface area contributed by atoms with Crippen molar-refractivity contribution in [2.45, 2.75) is 0 Å². The molecule has 0 unspecified atom stereocenters. The second kappa shape index (κ2) is 5.67. The average molecular weight is 302 g/mol. The van der Waals surface area contributed by atoms with E-state index in [1.165, 1.54) is 44.4 Å². The molecule has 0 aliphatic heterocycles. The van der Waals surface area contributed by atoms with Crippen molar-refractivity contribution in [3.05, 3.63) is 55.9 Å². The molecule has 0 bridgehead atoms. The average Bonchev–Trinajstić information content (AvgIpc) is 2.50. The van der Waals surface area contributed by atoms with E-state index < -0.39 is 17.1 Å². The summed E-state index contributed by atoms with van der Waals surface area (Å²) in [5, 5.41) is 28.9. The largest absolute Gasteiger partial charge is 0.504 e. The van der Waals surface area contributed by atoms with Gasteiger partial charge in [-0.15, -0.1) is 5.73 Å². The first-order chi connectivity index (χ1) is 10.3. The fourth-order valence-corrected chi connectivity index (χ4v) is 1.87. The van der Waals surface area contributed by atoms with E-state index in [1.807, 2.05) is 0 Å². The second-order valence-corrected chi connectivity index (χ2v) is 4.61. The van der Waals surface area contributed by atoms with E-state index in [1.54, 1.807) is 0 Å². The molecule has 1 aromatic heterocycles. The minimum Gasteiger partial charge on any atom is -0.504 e. The van der Waals surface area contributed by atoms with E-state index in [4.69, 9.17) is 0 Å². The summed E-state index contributed by atoms with van der Waals surface area (Å²) in [5.41, 5.74) is 1.50. The normalized spacial score (nSPS) is 10.1. The summed E-state index contributed by atoms with van der Waals surface area (Å²) < 4.78 is 1.79. The van der Waals surface area contributed by atoms with E-state index in [-0.39, 0.29) is 22.6 Å². The van der Waals surface area contributed by atoms with Crippen molar-refractivity contribution in [1.29, 1.82) is 0 Å². The van der Waals surface area contributed by atoms with Gasteiger partial charge in [0.1, 0.15) is 5.56 Å². The maximum atomic E-state index is 11.9. The zero-order valence-electron chi connectivity index (χ0n) is 11.9. The van der Waals surface area contributed by atoms with E-state index in [9.17, 15) is 24.9 Å². The van der Waals surface area contributed by atoms with E-state index >= 15 is 0 Å². The fourth-order valence-electron chi connectivity index (χ4n) is 1.87. The highest BCUT2D eigenvalue weighted by Gasteiger charge is 2.11. The summed E-state index contributed by atoms with van der Waals surface area (Å²) in [6.07, 6.45) is 2.53. The summed E-state index contributed by atoms with van der Waals surface area (Å²) >= 11 is 0. The predicted octanol–water partition coefficient (Wildman–Crippen LogP) is 0.526. The van der Waals surface area contributed by atoms with Crippen LogP contribution >= 0.6 is 0 Å². The number of hydrogen-bond donors (Lipinski definition) is 3. The van der Waals surface area contributed by atoms with Crippen LogP contribution in [0, 0.1) is 0 Å². The Morgan fingerprint density at radius 1 is 1.05 bits per heavy atom. The van der Waals surface area contributed by atoms with Crippen LogP contribution in [-0.2, 0) is 14.1 Å². The molecule has 0 fully saturated rings. The molecular weight excluding hydrogens is 288 g/mol. The first-order valence-corrected chi connectivity index (χ1v) is 6.27. The van der Waals surface area contributed by atoms with Gasteiger partial charge in [-0.3, -0.25) is 13.9 Å². The highest BCUT2D eigenvalue weighted by Crippen LogP contribution is 2.28. The first kappa shape index (κ1) is 15.2. The third-order valence-electron chi connectivity index (χ3n) is 3.18. The standard InChI is InChI=1S/C15H14N2O5/c1-16-13(20)10(14(21)17(2)15(16)22)7-3-5-9-6-4-8-11(18)12(9)19/h4-8,18-20H,1-2H3. The zero-order chi connectivity index (χ0) is 16.4.